The molecule has 2 nitrogen and oxygen atoms in total. The van der Waals surface area contributed by atoms with Crippen LogP contribution in [0, 0.1) is 6.92 Å². The third-order valence-corrected chi connectivity index (χ3v) is 18.2. The average Bonchev–Trinajstić information content (AvgIpc) is 3.67. The van der Waals surface area contributed by atoms with Crippen LogP contribution in [0.15, 0.2) is 127 Å². The van der Waals surface area contributed by atoms with Gasteiger partial charge in [0.15, 0.2) is 0 Å². The van der Waals surface area contributed by atoms with Crippen LogP contribution < -0.4 is 20.0 Å². The summed E-state index contributed by atoms with van der Waals surface area (Å²) in [6.07, 6.45) is 4.75. The predicted molar refractivity (Wildman–Crippen MR) is 292 cm³/mol. The van der Waals surface area contributed by atoms with Crippen LogP contribution in [0.1, 0.15) is 135 Å². The number of hydrogen-bond acceptors (Lipinski definition) is 3. The molecule has 0 saturated carbocycles. The van der Waals surface area contributed by atoms with Gasteiger partial charge in [-0.3, -0.25) is 0 Å². The first-order valence-electron chi connectivity index (χ1n) is 25.0. The number of hydrogen-bond donors (Lipinski definition) is 0. The van der Waals surface area contributed by atoms with Crippen molar-refractivity contribution in [2.75, 3.05) is 9.71 Å². The molecule has 7 aromatic carbocycles. The zero-order chi connectivity index (χ0) is 46.7. The molecule has 0 saturated heterocycles. The number of nitrogens with zero attached hydrogens (tertiary/aromatic N) is 2. The van der Waals surface area contributed by atoms with E-state index >= 15 is 0 Å². The minimum absolute atomic E-state index is 0.0450. The van der Waals surface area contributed by atoms with Gasteiger partial charge in [-0.05, 0) is 181 Å². The molecule has 0 bridgehead atoms. The second-order valence-corrected chi connectivity index (χ2v) is 25.5. The third kappa shape index (κ3) is 6.41. The SMILES string of the molecule is Cc1cc2c(cc1N1c3cc(-c4ccccc4)cc4c3B(c3sc5cc6c(cc5c31)C(C)(C)CCC6(C)C)N(c1ccc(C(C)(C)C)cc1)c1cc3ccccc3cc1-4)C(C)(C)CCC2(C)C. The van der Waals surface area contributed by atoms with Crippen LogP contribution in [-0.2, 0) is 27.1 Å². The lowest BCUT2D eigenvalue weighted by Gasteiger charge is -2.46. The summed E-state index contributed by atoms with van der Waals surface area (Å²) in [5, 5.41) is 3.91. The van der Waals surface area contributed by atoms with E-state index in [0.717, 1.165) is 0 Å². The number of aryl methyl sites for hydroxylation is 1. The van der Waals surface area contributed by atoms with Gasteiger partial charge in [-0.1, -0.05) is 149 Å². The van der Waals surface area contributed by atoms with Crippen molar-refractivity contribution >= 4 is 77.7 Å². The van der Waals surface area contributed by atoms with Crippen molar-refractivity contribution < 1.29 is 0 Å². The first-order chi connectivity index (χ1) is 31.7. The predicted octanol–water partition coefficient (Wildman–Crippen LogP) is 16.7. The quantitative estimate of drug-likeness (QED) is 0.163. The van der Waals surface area contributed by atoms with E-state index in [9.17, 15) is 0 Å². The molecule has 4 heteroatoms. The van der Waals surface area contributed by atoms with E-state index in [-0.39, 0.29) is 33.9 Å². The van der Waals surface area contributed by atoms with Gasteiger partial charge in [0.2, 0.25) is 0 Å². The van der Waals surface area contributed by atoms with E-state index in [4.69, 9.17) is 0 Å². The third-order valence-electron chi connectivity index (χ3n) is 17.0. The second-order valence-electron chi connectivity index (χ2n) is 24.4. The maximum absolute atomic E-state index is 2.77. The van der Waals surface area contributed by atoms with E-state index in [2.05, 4.69) is 220 Å². The largest absolute Gasteiger partial charge is 0.376 e. The highest BCUT2D eigenvalue weighted by molar-refractivity contribution is 7.32. The van der Waals surface area contributed by atoms with Gasteiger partial charge < -0.3 is 9.71 Å². The summed E-state index contributed by atoms with van der Waals surface area (Å²) in [5.74, 6) is 0. The van der Waals surface area contributed by atoms with Crippen molar-refractivity contribution in [3.63, 3.8) is 0 Å². The van der Waals surface area contributed by atoms with Crippen LogP contribution in [0.5, 0.6) is 0 Å². The Morgan fingerprint density at radius 1 is 0.522 bits per heavy atom. The maximum Gasteiger partial charge on any atom is 0.343 e. The Hall–Kier alpha value is -5.58. The van der Waals surface area contributed by atoms with Crippen molar-refractivity contribution in [3.05, 3.63) is 161 Å². The monoisotopic (exact) mass is 892 g/mol. The minimum Gasteiger partial charge on any atom is -0.376 e. The fraction of sp³-hybridized carbons (Fsp3) is 0.333. The lowest BCUT2D eigenvalue weighted by molar-refractivity contribution is 0.332. The van der Waals surface area contributed by atoms with Crippen molar-refractivity contribution in [2.24, 2.45) is 0 Å². The van der Waals surface area contributed by atoms with Gasteiger partial charge in [0, 0.05) is 43.2 Å². The van der Waals surface area contributed by atoms with Gasteiger partial charge >= 0.3 is 6.85 Å². The summed E-state index contributed by atoms with van der Waals surface area (Å²) >= 11 is 2.05. The van der Waals surface area contributed by atoms with E-state index in [1.165, 1.54) is 141 Å². The van der Waals surface area contributed by atoms with Gasteiger partial charge in [0.05, 0.1) is 5.69 Å². The Bertz CT molecular complexity index is 3360. The molecular weight excluding hydrogens is 828 g/mol. The molecule has 2 aliphatic heterocycles. The standard InChI is InChI=1S/C63H65BN2S/c1-38-30-48-50(62(9,10)28-26-60(48,5)6)36-52(38)65-54-34-42(39-18-14-13-15-19-39)32-46-45-31-40-20-16-17-21-41(40)33-53(45)66(44-24-22-43(23-25-44)59(2,3)4)64(56(46)54)58-57(65)47-35-49-51(37-55(47)67-58)63(11,12)29-27-61(49,7)8/h13-25,30-37H,26-29H2,1-12H3. The molecule has 4 aliphatic rings. The zero-order valence-corrected chi connectivity index (χ0v) is 42.6. The van der Waals surface area contributed by atoms with Gasteiger partial charge in [-0.15, -0.1) is 11.3 Å². The molecule has 0 unspecified atom stereocenters. The fourth-order valence-corrected chi connectivity index (χ4v) is 13.9. The Labute approximate surface area is 404 Å². The molecule has 0 N–H and O–H groups in total. The van der Waals surface area contributed by atoms with Gasteiger partial charge in [-0.25, -0.2) is 0 Å². The first-order valence-corrected chi connectivity index (χ1v) is 25.8. The number of benzene rings is 7. The number of fused-ring (bicyclic) bond motifs is 9. The molecule has 12 rings (SSSR count). The molecule has 0 atom stereocenters. The molecule has 1 aromatic heterocycles. The molecule has 0 amide bonds. The molecule has 0 spiro atoms. The smallest absolute Gasteiger partial charge is 0.343 e. The van der Waals surface area contributed by atoms with Gasteiger partial charge in [-0.2, -0.15) is 0 Å². The maximum atomic E-state index is 2.77. The normalized spacial score (nSPS) is 18.3. The fourth-order valence-electron chi connectivity index (χ4n) is 12.6. The van der Waals surface area contributed by atoms with Crippen LogP contribution in [0.2, 0.25) is 0 Å². The van der Waals surface area contributed by atoms with Crippen molar-refractivity contribution in [2.45, 2.75) is 136 Å². The number of rotatable bonds is 3. The molecule has 0 fully saturated rings. The van der Waals surface area contributed by atoms with E-state index in [1.54, 1.807) is 0 Å². The topological polar surface area (TPSA) is 6.48 Å². The van der Waals surface area contributed by atoms with Crippen LogP contribution in [0.3, 0.4) is 0 Å². The summed E-state index contributed by atoms with van der Waals surface area (Å²) in [6.45, 7) is 29.1. The highest BCUT2D eigenvalue weighted by Crippen LogP contribution is 2.56. The summed E-state index contributed by atoms with van der Waals surface area (Å²) in [7, 11) is 0. The Morgan fingerprint density at radius 2 is 1.09 bits per heavy atom. The van der Waals surface area contributed by atoms with E-state index in [0.29, 0.717) is 0 Å². The highest BCUT2D eigenvalue weighted by atomic mass is 32.1. The van der Waals surface area contributed by atoms with Crippen LogP contribution >= 0.6 is 11.3 Å². The summed E-state index contributed by atoms with van der Waals surface area (Å²) in [6, 6.07) is 50.2. The summed E-state index contributed by atoms with van der Waals surface area (Å²) in [4.78, 5) is 5.50. The highest BCUT2D eigenvalue weighted by Gasteiger charge is 2.49. The Balaban J connectivity index is 1.25. The molecule has 3 heterocycles. The lowest BCUT2D eigenvalue weighted by Crippen LogP contribution is -2.60. The molecule has 336 valence electrons. The van der Waals surface area contributed by atoms with Crippen molar-refractivity contribution in [1.82, 2.24) is 0 Å². The molecular formula is C63H65BN2S. The lowest BCUT2D eigenvalue weighted by atomic mass is 9.46. The number of anilines is 5. The Morgan fingerprint density at radius 3 is 1.72 bits per heavy atom. The van der Waals surface area contributed by atoms with Crippen LogP contribution in [0.4, 0.5) is 28.4 Å². The summed E-state index contributed by atoms with van der Waals surface area (Å²) < 4.78 is 2.81. The van der Waals surface area contributed by atoms with Crippen molar-refractivity contribution in [3.8, 4) is 22.3 Å². The average molecular weight is 893 g/mol. The van der Waals surface area contributed by atoms with E-state index in [1.807, 2.05) is 11.3 Å². The zero-order valence-electron chi connectivity index (χ0n) is 41.8. The Kier molecular flexibility index (Phi) is 9.09. The summed E-state index contributed by atoms with van der Waals surface area (Å²) in [5.41, 5.74) is 22.1. The molecule has 0 radical (unpaired) electrons. The minimum atomic E-state index is -0.0565. The van der Waals surface area contributed by atoms with Gasteiger partial charge in [0.1, 0.15) is 0 Å². The van der Waals surface area contributed by atoms with Gasteiger partial charge in [0.25, 0.3) is 0 Å². The molecule has 8 aromatic rings. The second kappa shape index (κ2) is 14.2. The first kappa shape index (κ1) is 42.8. The molecule has 2 aliphatic carbocycles. The van der Waals surface area contributed by atoms with Crippen LogP contribution in [-0.4, -0.2) is 6.85 Å². The van der Waals surface area contributed by atoms with E-state index < -0.39 is 0 Å². The number of thiophene rings is 1. The van der Waals surface area contributed by atoms with Crippen molar-refractivity contribution in [1.29, 1.82) is 0 Å². The van der Waals surface area contributed by atoms with Crippen LogP contribution in [0.25, 0.3) is 43.1 Å². The molecule has 67 heavy (non-hydrogen) atoms.